The first-order chi connectivity index (χ1) is 13.2. The number of ether oxygens (including phenoxy) is 2. The second kappa shape index (κ2) is 9.11. The van der Waals surface area contributed by atoms with Gasteiger partial charge in [0.1, 0.15) is 11.5 Å². The van der Waals surface area contributed by atoms with E-state index in [1.165, 1.54) is 0 Å². The molecule has 2 rings (SSSR count). The van der Waals surface area contributed by atoms with Crippen LogP contribution < -0.4 is 9.47 Å². The predicted octanol–water partition coefficient (Wildman–Crippen LogP) is 4.24. The number of nitrogens with zero attached hydrogens (tertiary/aromatic N) is 1. The fourth-order valence-corrected chi connectivity index (χ4v) is 3.02. The van der Waals surface area contributed by atoms with E-state index in [-0.39, 0.29) is 11.9 Å². The first kappa shape index (κ1) is 21.8. The van der Waals surface area contributed by atoms with Crippen LogP contribution in [0.1, 0.15) is 54.7 Å². The molecule has 0 unspecified atom stereocenters. The van der Waals surface area contributed by atoms with Crippen LogP contribution in [-0.2, 0) is 6.42 Å². The van der Waals surface area contributed by atoms with E-state index in [9.17, 15) is 9.90 Å². The van der Waals surface area contributed by atoms with Gasteiger partial charge >= 0.3 is 0 Å². The van der Waals surface area contributed by atoms with Gasteiger partial charge in [0.15, 0.2) is 0 Å². The van der Waals surface area contributed by atoms with Gasteiger partial charge in [-0.2, -0.15) is 0 Å². The maximum absolute atomic E-state index is 12.9. The third-order valence-electron chi connectivity index (χ3n) is 5.02. The van der Waals surface area contributed by atoms with E-state index in [2.05, 4.69) is 0 Å². The lowest BCUT2D eigenvalue weighted by Gasteiger charge is -2.27. The molecule has 0 aromatic heterocycles. The summed E-state index contributed by atoms with van der Waals surface area (Å²) in [6, 6.07) is 13.0. The number of carbonyl (C=O) groups excluding carboxylic acids is 1. The molecule has 2 aromatic carbocycles. The number of benzene rings is 2. The molecule has 0 saturated carbocycles. The molecule has 28 heavy (non-hydrogen) atoms. The van der Waals surface area contributed by atoms with Crippen molar-refractivity contribution in [1.82, 2.24) is 4.90 Å². The van der Waals surface area contributed by atoms with Crippen LogP contribution >= 0.6 is 0 Å². The van der Waals surface area contributed by atoms with E-state index < -0.39 is 5.60 Å². The van der Waals surface area contributed by atoms with Gasteiger partial charge in [0.2, 0.25) is 0 Å². The Morgan fingerprint density at radius 3 is 2.29 bits per heavy atom. The van der Waals surface area contributed by atoms with Gasteiger partial charge in [-0.3, -0.25) is 4.79 Å². The quantitative estimate of drug-likeness (QED) is 0.738. The number of methoxy groups -OCH3 is 2. The summed E-state index contributed by atoms with van der Waals surface area (Å²) in [6.45, 7) is 5.57. The lowest BCUT2D eigenvalue weighted by molar-refractivity contribution is 0.0710. The van der Waals surface area contributed by atoms with E-state index >= 15 is 0 Å². The Bertz CT molecular complexity index is 793. The topological polar surface area (TPSA) is 59.0 Å². The second-order valence-electron chi connectivity index (χ2n) is 7.71. The molecule has 0 heterocycles. The molecule has 2 aromatic rings. The Morgan fingerprint density at radius 2 is 1.75 bits per heavy atom. The summed E-state index contributed by atoms with van der Waals surface area (Å²) in [4.78, 5) is 14.6. The van der Waals surface area contributed by atoms with Crippen molar-refractivity contribution in [3.8, 4) is 11.5 Å². The molecule has 0 saturated heterocycles. The summed E-state index contributed by atoms with van der Waals surface area (Å²) >= 11 is 0. The number of hydrogen-bond donors (Lipinski definition) is 1. The lowest BCUT2D eigenvalue weighted by Crippen LogP contribution is -2.30. The first-order valence-corrected chi connectivity index (χ1v) is 9.46. The largest absolute Gasteiger partial charge is 0.497 e. The molecule has 0 aliphatic rings. The third-order valence-corrected chi connectivity index (χ3v) is 5.02. The molecule has 0 radical (unpaired) electrons. The van der Waals surface area contributed by atoms with Gasteiger partial charge in [0.25, 0.3) is 5.91 Å². The van der Waals surface area contributed by atoms with E-state index in [0.717, 1.165) is 17.5 Å². The van der Waals surface area contributed by atoms with E-state index in [0.29, 0.717) is 23.5 Å². The average molecular weight is 386 g/mol. The van der Waals surface area contributed by atoms with Gasteiger partial charge in [-0.1, -0.05) is 12.1 Å². The summed E-state index contributed by atoms with van der Waals surface area (Å²) in [6.07, 6.45) is 1.45. The van der Waals surface area contributed by atoms with Crippen molar-refractivity contribution in [3.63, 3.8) is 0 Å². The lowest BCUT2D eigenvalue weighted by atomic mass is 9.98. The summed E-state index contributed by atoms with van der Waals surface area (Å²) in [5.41, 5.74) is 1.96. The van der Waals surface area contributed by atoms with Gasteiger partial charge in [0.05, 0.1) is 25.9 Å². The zero-order chi connectivity index (χ0) is 20.9. The number of rotatable bonds is 8. The number of hydrogen-bond acceptors (Lipinski definition) is 4. The van der Waals surface area contributed by atoms with Gasteiger partial charge in [-0.25, -0.2) is 0 Å². The number of carbonyl (C=O) groups is 1. The van der Waals surface area contributed by atoms with Crippen molar-refractivity contribution in [2.75, 3.05) is 21.3 Å². The fourth-order valence-electron chi connectivity index (χ4n) is 3.02. The molecule has 0 fully saturated rings. The third kappa shape index (κ3) is 5.49. The van der Waals surface area contributed by atoms with Crippen molar-refractivity contribution in [1.29, 1.82) is 0 Å². The van der Waals surface area contributed by atoms with Crippen LogP contribution in [0.4, 0.5) is 0 Å². The summed E-state index contributed by atoms with van der Waals surface area (Å²) in [5, 5.41) is 9.86. The van der Waals surface area contributed by atoms with Crippen LogP contribution in [0.5, 0.6) is 11.5 Å². The summed E-state index contributed by atoms with van der Waals surface area (Å²) in [7, 11) is 5.01. The minimum atomic E-state index is -0.693. The average Bonchev–Trinajstić information content (AvgIpc) is 2.69. The van der Waals surface area contributed by atoms with E-state index in [1.54, 1.807) is 40.0 Å². The van der Waals surface area contributed by atoms with E-state index in [1.807, 2.05) is 49.4 Å². The van der Waals surface area contributed by atoms with Gasteiger partial charge in [-0.05, 0) is 63.4 Å². The van der Waals surface area contributed by atoms with Crippen LogP contribution in [0.3, 0.4) is 0 Å². The maximum Gasteiger partial charge on any atom is 0.254 e. The highest BCUT2D eigenvalue weighted by molar-refractivity contribution is 5.94. The van der Waals surface area contributed by atoms with Crippen molar-refractivity contribution < 1.29 is 19.4 Å². The highest BCUT2D eigenvalue weighted by Gasteiger charge is 2.22. The fraction of sp³-hybridized carbons (Fsp3) is 0.435. The van der Waals surface area contributed by atoms with Crippen molar-refractivity contribution in [2.24, 2.45) is 0 Å². The molecule has 0 aliphatic carbocycles. The standard InChI is InChI=1S/C23H31NO4/c1-16(20-12-11-19(27-5)15-21(20)28-6)24(4)22(25)18-9-7-17(8-10-18)13-14-23(2,3)26/h7-12,15-16,26H,13-14H2,1-6H3/t16-/m0/s1. The minimum absolute atomic E-state index is 0.0561. The highest BCUT2D eigenvalue weighted by atomic mass is 16.5. The molecule has 1 atom stereocenters. The number of amides is 1. The minimum Gasteiger partial charge on any atom is -0.497 e. The second-order valence-corrected chi connectivity index (χ2v) is 7.71. The molecule has 5 heteroatoms. The maximum atomic E-state index is 12.9. The number of aliphatic hydroxyl groups is 1. The molecule has 1 amide bonds. The van der Waals surface area contributed by atoms with Gasteiger partial charge in [-0.15, -0.1) is 0 Å². The molecule has 0 spiro atoms. The molecule has 152 valence electrons. The molecule has 5 nitrogen and oxygen atoms in total. The van der Waals surface area contributed by atoms with Crippen LogP contribution in [0.2, 0.25) is 0 Å². The normalized spacial score (nSPS) is 12.4. The van der Waals surface area contributed by atoms with Crippen LogP contribution in [0.15, 0.2) is 42.5 Å². The smallest absolute Gasteiger partial charge is 0.254 e. The zero-order valence-electron chi connectivity index (χ0n) is 17.7. The van der Waals surface area contributed by atoms with Crippen molar-refractivity contribution in [2.45, 2.75) is 45.3 Å². The highest BCUT2D eigenvalue weighted by Crippen LogP contribution is 2.32. The van der Waals surface area contributed by atoms with Crippen molar-refractivity contribution >= 4 is 5.91 Å². The first-order valence-electron chi connectivity index (χ1n) is 9.46. The Morgan fingerprint density at radius 1 is 1.11 bits per heavy atom. The van der Waals surface area contributed by atoms with E-state index in [4.69, 9.17) is 9.47 Å². The number of aryl methyl sites for hydroxylation is 1. The molecule has 0 aliphatic heterocycles. The van der Waals surface area contributed by atoms with Crippen molar-refractivity contribution in [3.05, 3.63) is 59.2 Å². The molecule has 0 bridgehead atoms. The Balaban J connectivity index is 2.13. The summed E-state index contributed by atoms with van der Waals surface area (Å²) < 4.78 is 10.7. The molecular weight excluding hydrogens is 354 g/mol. The summed E-state index contributed by atoms with van der Waals surface area (Å²) in [5.74, 6) is 1.34. The van der Waals surface area contributed by atoms with Gasteiger partial charge in [0, 0.05) is 24.2 Å². The Kier molecular flexibility index (Phi) is 7.08. The van der Waals surface area contributed by atoms with Gasteiger partial charge < -0.3 is 19.5 Å². The zero-order valence-corrected chi connectivity index (χ0v) is 17.7. The van der Waals surface area contributed by atoms with Crippen LogP contribution in [0.25, 0.3) is 0 Å². The SMILES string of the molecule is COc1ccc([C@H](C)N(C)C(=O)c2ccc(CCC(C)(C)O)cc2)c(OC)c1. The monoisotopic (exact) mass is 385 g/mol. The van der Waals surface area contributed by atoms with Crippen LogP contribution in [-0.4, -0.2) is 42.8 Å². The Hall–Kier alpha value is -2.53. The Labute approximate surface area is 167 Å². The molecular formula is C23H31NO4. The predicted molar refractivity (Wildman–Crippen MR) is 111 cm³/mol. The molecule has 1 N–H and O–H groups in total. The van der Waals surface area contributed by atoms with Crippen LogP contribution in [0, 0.1) is 0 Å².